The summed E-state index contributed by atoms with van der Waals surface area (Å²) >= 11 is 1.78. The molecule has 156 valence electrons. The van der Waals surface area contributed by atoms with Crippen molar-refractivity contribution in [3.05, 3.63) is 52.4 Å². The Morgan fingerprint density at radius 2 is 2.10 bits per heavy atom. The number of anilines is 1. The summed E-state index contributed by atoms with van der Waals surface area (Å²) in [5.41, 5.74) is 9.18. The van der Waals surface area contributed by atoms with Crippen LogP contribution in [0.4, 0.5) is 5.82 Å². The molecule has 0 aliphatic carbocycles. The third kappa shape index (κ3) is 3.11. The van der Waals surface area contributed by atoms with Gasteiger partial charge in [-0.05, 0) is 43.5 Å². The number of hydrogen-bond donors (Lipinski definition) is 1. The van der Waals surface area contributed by atoms with Crippen molar-refractivity contribution >= 4 is 23.1 Å². The fraction of sp³-hybridized carbons (Fsp3) is 0.409. The molecule has 5 heterocycles. The molecule has 8 heteroatoms. The van der Waals surface area contributed by atoms with E-state index >= 15 is 0 Å². The fourth-order valence-electron chi connectivity index (χ4n) is 4.62. The monoisotopic (exact) mass is 423 g/mol. The summed E-state index contributed by atoms with van der Waals surface area (Å²) in [5.74, 6) is 0.579. The summed E-state index contributed by atoms with van der Waals surface area (Å²) in [4.78, 5) is 26.2. The zero-order chi connectivity index (χ0) is 20.9. The van der Waals surface area contributed by atoms with Crippen molar-refractivity contribution in [1.29, 1.82) is 0 Å². The van der Waals surface area contributed by atoms with Gasteiger partial charge in [-0.3, -0.25) is 4.79 Å². The Hall–Kier alpha value is -2.71. The van der Waals surface area contributed by atoms with E-state index in [1.54, 1.807) is 28.3 Å². The molecule has 30 heavy (non-hydrogen) atoms. The maximum absolute atomic E-state index is 13.0. The first kappa shape index (κ1) is 19.3. The minimum absolute atomic E-state index is 0.0494. The Morgan fingerprint density at radius 3 is 2.80 bits per heavy atom. The molecule has 1 spiro atoms. The highest BCUT2D eigenvalue weighted by Gasteiger charge is 2.43. The van der Waals surface area contributed by atoms with Crippen LogP contribution in [0, 0.1) is 6.92 Å². The maximum Gasteiger partial charge on any atom is 0.272 e. The van der Waals surface area contributed by atoms with Crippen molar-refractivity contribution in [2.45, 2.75) is 31.8 Å². The summed E-state index contributed by atoms with van der Waals surface area (Å²) in [6.07, 6.45) is 4.20. The van der Waals surface area contributed by atoms with Crippen LogP contribution in [0.15, 0.2) is 30.6 Å². The molecule has 0 aromatic carbocycles. The number of thiophene rings is 1. The van der Waals surface area contributed by atoms with Gasteiger partial charge in [-0.15, -0.1) is 11.3 Å². The molecule has 2 aliphatic heterocycles. The van der Waals surface area contributed by atoms with E-state index in [2.05, 4.69) is 16.0 Å². The maximum atomic E-state index is 13.0. The van der Waals surface area contributed by atoms with Crippen molar-refractivity contribution in [3.8, 4) is 10.6 Å². The molecule has 0 radical (unpaired) electrons. The van der Waals surface area contributed by atoms with Gasteiger partial charge in [-0.25, -0.2) is 9.97 Å². The first-order chi connectivity index (χ1) is 14.5. The SMILES string of the molecule is Cc1ncn(C)c1C(=O)N1CCC2(CC1)OCCc1sc(-c3cccc(N)n3)cc12. The van der Waals surface area contributed by atoms with Gasteiger partial charge in [0.15, 0.2) is 0 Å². The van der Waals surface area contributed by atoms with Crippen molar-refractivity contribution in [3.63, 3.8) is 0 Å². The quantitative estimate of drug-likeness (QED) is 0.684. The number of aromatic nitrogens is 3. The first-order valence-electron chi connectivity index (χ1n) is 10.2. The Bertz CT molecular complexity index is 1090. The predicted octanol–water partition coefficient (Wildman–Crippen LogP) is 3.14. The number of amides is 1. The van der Waals surface area contributed by atoms with Crippen LogP contribution >= 0.6 is 11.3 Å². The number of nitrogens with two attached hydrogens (primary N) is 1. The van der Waals surface area contributed by atoms with Crippen LogP contribution in [-0.4, -0.2) is 45.0 Å². The molecule has 2 N–H and O–H groups in total. The third-order valence-corrected chi connectivity index (χ3v) is 7.43. The van der Waals surface area contributed by atoms with E-state index in [4.69, 9.17) is 10.5 Å². The van der Waals surface area contributed by atoms with Crippen LogP contribution in [0.3, 0.4) is 0 Å². The minimum Gasteiger partial charge on any atom is -0.384 e. The van der Waals surface area contributed by atoms with E-state index < -0.39 is 0 Å². The van der Waals surface area contributed by atoms with Crippen LogP contribution in [0.25, 0.3) is 10.6 Å². The number of carbonyl (C=O) groups excluding carboxylic acids is 1. The normalized spacial score (nSPS) is 17.9. The third-order valence-electron chi connectivity index (χ3n) is 6.21. The van der Waals surface area contributed by atoms with Gasteiger partial charge >= 0.3 is 0 Å². The predicted molar refractivity (Wildman–Crippen MR) is 116 cm³/mol. The Balaban J connectivity index is 1.40. The Kier molecular flexibility index (Phi) is 4.63. The number of imidazole rings is 1. The van der Waals surface area contributed by atoms with Crippen molar-refractivity contribution in [2.75, 3.05) is 25.4 Å². The highest BCUT2D eigenvalue weighted by molar-refractivity contribution is 7.15. The summed E-state index contributed by atoms with van der Waals surface area (Å²) in [7, 11) is 1.87. The summed E-state index contributed by atoms with van der Waals surface area (Å²) in [5, 5.41) is 0. The fourth-order valence-corrected chi connectivity index (χ4v) is 5.82. The standard InChI is InChI=1S/C22H25N5O2S/c1-14-20(26(2)13-24-14)21(28)27-9-7-22(8-10-27)15-12-18(30-17(15)6-11-29-22)16-4-3-5-19(23)25-16/h3-5,12-13H,6-11H2,1-2H3,(H2,23,25). The van der Waals surface area contributed by atoms with Gasteiger partial charge in [0, 0.05) is 31.4 Å². The van der Waals surface area contributed by atoms with E-state index in [1.165, 1.54) is 10.4 Å². The van der Waals surface area contributed by atoms with E-state index in [0.29, 0.717) is 31.2 Å². The molecule has 2 aliphatic rings. The Morgan fingerprint density at radius 1 is 1.30 bits per heavy atom. The molecular formula is C22H25N5O2S. The molecule has 3 aromatic rings. The lowest BCUT2D eigenvalue weighted by molar-refractivity contribution is -0.0927. The zero-order valence-corrected chi connectivity index (χ0v) is 18.0. The number of nitrogens with zero attached hydrogens (tertiary/aromatic N) is 4. The first-order valence-corrected chi connectivity index (χ1v) is 11.1. The van der Waals surface area contributed by atoms with Crippen LogP contribution in [0.5, 0.6) is 0 Å². The minimum atomic E-state index is -0.319. The van der Waals surface area contributed by atoms with Crippen LogP contribution in [-0.2, 0) is 23.8 Å². The number of aryl methyl sites for hydroxylation is 2. The highest BCUT2D eigenvalue weighted by Crippen LogP contribution is 2.46. The average Bonchev–Trinajstić information content (AvgIpc) is 3.33. The number of rotatable bonds is 2. The molecule has 0 saturated carbocycles. The number of carbonyl (C=O) groups is 1. The topological polar surface area (TPSA) is 86.3 Å². The summed E-state index contributed by atoms with van der Waals surface area (Å²) in [6, 6.07) is 7.97. The van der Waals surface area contributed by atoms with Gasteiger partial charge < -0.3 is 19.9 Å². The average molecular weight is 424 g/mol. The van der Waals surface area contributed by atoms with E-state index in [9.17, 15) is 4.79 Å². The van der Waals surface area contributed by atoms with Crippen molar-refractivity contribution < 1.29 is 9.53 Å². The summed E-state index contributed by atoms with van der Waals surface area (Å²) in [6.45, 7) is 3.94. The second-order valence-electron chi connectivity index (χ2n) is 8.07. The van der Waals surface area contributed by atoms with E-state index in [0.717, 1.165) is 35.5 Å². The van der Waals surface area contributed by atoms with Gasteiger partial charge in [-0.1, -0.05) is 6.07 Å². The van der Waals surface area contributed by atoms with Gasteiger partial charge in [-0.2, -0.15) is 0 Å². The number of fused-ring (bicyclic) bond motifs is 2. The molecule has 0 atom stereocenters. The second-order valence-corrected chi connectivity index (χ2v) is 9.21. The van der Waals surface area contributed by atoms with E-state index in [-0.39, 0.29) is 11.5 Å². The van der Waals surface area contributed by atoms with Crippen LogP contribution in [0.1, 0.15) is 39.5 Å². The molecule has 3 aromatic heterocycles. The number of ether oxygens (including phenoxy) is 1. The molecule has 1 amide bonds. The zero-order valence-electron chi connectivity index (χ0n) is 17.2. The number of nitrogen functional groups attached to an aromatic ring is 1. The van der Waals surface area contributed by atoms with Gasteiger partial charge in [0.1, 0.15) is 11.5 Å². The lowest BCUT2D eigenvalue weighted by atomic mass is 9.82. The lowest BCUT2D eigenvalue weighted by Crippen LogP contribution is -2.48. The summed E-state index contributed by atoms with van der Waals surface area (Å²) < 4.78 is 8.18. The molecule has 1 fully saturated rings. The number of hydrogen-bond acceptors (Lipinski definition) is 6. The molecule has 7 nitrogen and oxygen atoms in total. The lowest BCUT2D eigenvalue weighted by Gasteiger charge is -2.44. The van der Waals surface area contributed by atoms with Crippen molar-refractivity contribution in [1.82, 2.24) is 19.4 Å². The number of likely N-dealkylation sites (tertiary alicyclic amines) is 1. The smallest absolute Gasteiger partial charge is 0.272 e. The van der Waals surface area contributed by atoms with Gasteiger partial charge in [0.25, 0.3) is 5.91 Å². The largest absolute Gasteiger partial charge is 0.384 e. The van der Waals surface area contributed by atoms with Gasteiger partial charge in [0.2, 0.25) is 0 Å². The molecule has 1 saturated heterocycles. The molecule has 0 bridgehead atoms. The molecular weight excluding hydrogens is 398 g/mol. The van der Waals surface area contributed by atoms with Crippen molar-refractivity contribution in [2.24, 2.45) is 7.05 Å². The van der Waals surface area contributed by atoms with E-state index in [1.807, 2.05) is 31.0 Å². The van der Waals surface area contributed by atoms with Gasteiger partial charge in [0.05, 0.1) is 34.8 Å². The molecule has 5 rings (SSSR count). The number of piperidine rings is 1. The van der Waals surface area contributed by atoms with Crippen LogP contribution in [0.2, 0.25) is 0 Å². The second kappa shape index (κ2) is 7.21. The molecule has 0 unspecified atom stereocenters. The number of pyridine rings is 1. The highest BCUT2D eigenvalue weighted by atomic mass is 32.1. The van der Waals surface area contributed by atoms with Crippen LogP contribution < -0.4 is 5.73 Å². The Labute approximate surface area is 179 Å².